The summed E-state index contributed by atoms with van der Waals surface area (Å²) in [6.07, 6.45) is -3.84. The number of hydrogen-bond donors (Lipinski definition) is 1. The van der Waals surface area contributed by atoms with E-state index in [4.69, 9.17) is 9.47 Å². The fourth-order valence-electron chi connectivity index (χ4n) is 3.00. The smallest absolute Gasteiger partial charge is 0.416 e. The minimum Gasteiger partial charge on any atom is -0.486 e. The van der Waals surface area contributed by atoms with E-state index in [0.29, 0.717) is 40.8 Å². The summed E-state index contributed by atoms with van der Waals surface area (Å²) in [7, 11) is -4.07. The second kappa shape index (κ2) is 8.05. The highest BCUT2D eigenvalue weighted by Crippen LogP contribution is 2.34. The van der Waals surface area contributed by atoms with Crippen LogP contribution in [0.4, 0.5) is 24.5 Å². The van der Waals surface area contributed by atoms with E-state index in [0.717, 1.165) is 18.4 Å². The van der Waals surface area contributed by atoms with Crippen molar-refractivity contribution in [2.45, 2.75) is 19.1 Å². The van der Waals surface area contributed by atoms with Crippen molar-refractivity contribution >= 4 is 27.3 Å². The molecule has 1 aliphatic heterocycles. The van der Waals surface area contributed by atoms with Crippen LogP contribution in [-0.2, 0) is 21.0 Å². The number of carbonyl (C=O) groups excluding carboxylic acids is 1. The molecule has 0 saturated heterocycles. The van der Waals surface area contributed by atoms with Gasteiger partial charge in [-0.1, -0.05) is 6.07 Å². The Bertz CT molecular complexity index is 1060. The molecule has 0 saturated carbocycles. The van der Waals surface area contributed by atoms with Gasteiger partial charge >= 0.3 is 6.18 Å². The number of benzene rings is 2. The number of carbonyl (C=O) groups is 1. The molecule has 1 N–H and O–H groups in total. The molecular weight excluding hydrogens is 425 g/mol. The quantitative estimate of drug-likeness (QED) is 0.765. The van der Waals surface area contributed by atoms with Gasteiger partial charge in [-0.3, -0.25) is 9.10 Å². The number of fused-ring (bicyclic) bond motifs is 1. The van der Waals surface area contributed by atoms with E-state index in [1.54, 1.807) is 12.1 Å². The van der Waals surface area contributed by atoms with Gasteiger partial charge in [0.25, 0.3) is 0 Å². The summed E-state index contributed by atoms with van der Waals surface area (Å²) in [6, 6.07) is 7.14. The van der Waals surface area contributed by atoms with Crippen LogP contribution < -0.4 is 19.1 Å². The van der Waals surface area contributed by atoms with Gasteiger partial charge in [0.1, 0.15) is 19.3 Å². The number of hydrogen-bond acceptors (Lipinski definition) is 5. The van der Waals surface area contributed by atoms with Crippen LogP contribution in [-0.4, -0.2) is 39.8 Å². The van der Waals surface area contributed by atoms with E-state index in [1.165, 1.54) is 19.1 Å². The Morgan fingerprint density at radius 2 is 1.77 bits per heavy atom. The second-order valence-electron chi connectivity index (χ2n) is 6.63. The molecule has 11 heteroatoms. The Hall–Kier alpha value is -2.95. The van der Waals surface area contributed by atoms with Crippen molar-refractivity contribution in [3.05, 3.63) is 48.0 Å². The van der Waals surface area contributed by atoms with E-state index in [-0.39, 0.29) is 5.69 Å². The third-order valence-electron chi connectivity index (χ3n) is 4.33. The summed E-state index contributed by atoms with van der Waals surface area (Å²) in [5.41, 5.74) is -0.959. The van der Waals surface area contributed by atoms with Crippen molar-refractivity contribution in [3.8, 4) is 11.5 Å². The number of nitrogens with zero attached hydrogens (tertiary/aromatic N) is 1. The Morgan fingerprint density at radius 1 is 1.10 bits per heavy atom. The topological polar surface area (TPSA) is 84.9 Å². The first-order chi connectivity index (χ1) is 14.0. The Balaban J connectivity index is 1.87. The molecule has 3 rings (SSSR count). The summed E-state index contributed by atoms with van der Waals surface area (Å²) in [5, 5.41) is 2.56. The minimum atomic E-state index is -4.66. The highest BCUT2D eigenvalue weighted by atomic mass is 32.2. The predicted octanol–water partition coefficient (Wildman–Crippen LogP) is 3.27. The van der Waals surface area contributed by atoms with Gasteiger partial charge in [-0.05, 0) is 37.3 Å². The number of ether oxygens (including phenoxy) is 2. The zero-order valence-electron chi connectivity index (χ0n) is 16.1. The Morgan fingerprint density at radius 3 is 2.40 bits per heavy atom. The molecule has 0 bridgehead atoms. The van der Waals surface area contributed by atoms with Crippen molar-refractivity contribution in [2.24, 2.45) is 0 Å². The molecule has 0 aliphatic carbocycles. The maximum atomic E-state index is 13.0. The van der Waals surface area contributed by atoms with Gasteiger partial charge in [-0.2, -0.15) is 13.2 Å². The van der Waals surface area contributed by atoms with Gasteiger partial charge in [-0.25, -0.2) is 8.42 Å². The fourth-order valence-corrected chi connectivity index (χ4v) is 4.16. The number of amides is 1. The SMILES string of the molecule is C[C@@H](C(=O)Nc1ccc2c(c1)OCCO2)N(c1cccc(C(F)(F)F)c1)S(C)(=O)=O. The lowest BCUT2D eigenvalue weighted by molar-refractivity contribution is -0.137. The van der Waals surface area contributed by atoms with Crippen LogP contribution >= 0.6 is 0 Å². The van der Waals surface area contributed by atoms with E-state index < -0.39 is 33.7 Å². The first-order valence-electron chi connectivity index (χ1n) is 8.84. The molecule has 0 radical (unpaired) electrons. The molecule has 1 amide bonds. The zero-order chi connectivity index (χ0) is 22.1. The second-order valence-corrected chi connectivity index (χ2v) is 8.49. The highest BCUT2D eigenvalue weighted by Gasteiger charge is 2.34. The van der Waals surface area contributed by atoms with E-state index in [1.807, 2.05) is 0 Å². The lowest BCUT2D eigenvalue weighted by atomic mass is 10.1. The lowest BCUT2D eigenvalue weighted by Crippen LogP contribution is -2.45. The van der Waals surface area contributed by atoms with Gasteiger partial charge < -0.3 is 14.8 Å². The van der Waals surface area contributed by atoms with Gasteiger partial charge in [0.05, 0.1) is 17.5 Å². The fraction of sp³-hybridized carbons (Fsp3) is 0.316. The van der Waals surface area contributed by atoms with Crippen molar-refractivity contribution in [1.82, 2.24) is 0 Å². The number of halogens is 3. The summed E-state index contributed by atoms with van der Waals surface area (Å²) in [4.78, 5) is 12.7. The van der Waals surface area contributed by atoms with E-state index >= 15 is 0 Å². The Labute approximate surface area is 171 Å². The van der Waals surface area contributed by atoms with Crippen LogP contribution in [0.15, 0.2) is 42.5 Å². The molecular formula is C19H19F3N2O5S. The van der Waals surface area contributed by atoms with E-state index in [2.05, 4.69) is 5.32 Å². The monoisotopic (exact) mass is 444 g/mol. The van der Waals surface area contributed by atoms with Crippen LogP contribution in [0.5, 0.6) is 11.5 Å². The van der Waals surface area contributed by atoms with Gasteiger partial charge in [0.2, 0.25) is 15.9 Å². The molecule has 1 atom stereocenters. The van der Waals surface area contributed by atoms with Gasteiger partial charge in [0, 0.05) is 11.8 Å². The molecule has 0 unspecified atom stereocenters. The molecule has 2 aromatic rings. The molecule has 2 aromatic carbocycles. The number of alkyl halides is 3. The van der Waals surface area contributed by atoms with Crippen LogP contribution in [0.3, 0.4) is 0 Å². The lowest BCUT2D eigenvalue weighted by Gasteiger charge is -2.29. The molecule has 7 nitrogen and oxygen atoms in total. The largest absolute Gasteiger partial charge is 0.486 e. The highest BCUT2D eigenvalue weighted by molar-refractivity contribution is 7.92. The first kappa shape index (κ1) is 21.8. The van der Waals surface area contributed by atoms with Crippen LogP contribution in [0.2, 0.25) is 0 Å². The number of sulfonamides is 1. The summed E-state index contributed by atoms with van der Waals surface area (Å²) < 4.78 is 75.2. The minimum absolute atomic E-state index is 0.267. The summed E-state index contributed by atoms with van der Waals surface area (Å²) >= 11 is 0. The predicted molar refractivity (Wildman–Crippen MR) is 104 cm³/mol. The van der Waals surface area contributed by atoms with Gasteiger partial charge in [0.15, 0.2) is 11.5 Å². The maximum absolute atomic E-state index is 13.0. The van der Waals surface area contributed by atoms with Crippen LogP contribution in [0.25, 0.3) is 0 Å². The van der Waals surface area contributed by atoms with Crippen molar-refractivity contribution in [3.63, 3.8) is 0 Å². The molecule has 0 aromatic heterocycles. The first-order valence-corrected chi connectivity index (χ1v) is 10.7. The zero-order valence-corrected chi connectivity index (χ0v) is 16.9. The number of anilines is 2. The van der Waals surface area contributed by atoms with Gasteiger partial charge in [-0.15, -0.1) is 0 Å². The van der Waals surface area contributed by atoms with E-state index in [9.17, 15) is 26.4 Å². The van der Waals surface area contributed by atoms with Crippen LogP contribution in [0, 0.1) is 0 Å². The third kappa shape index (κ3) is 4.78. The van der Waals surface area contributed by atoms with Crippen molar-refractivity contribution < 1.29 is 35.9 Å². The number of nitrogens with one attached hydrogen (secondary N) is 1. The molecule has 1 aliphatic rings. The normalized spacial score (nSPS) is 14.7. The maximum Gasteiger partial charge on any atom is 0.416 e. The molecule has 162 valence electrons. The average molecular weight is 444 g/mol. The standard InChI is InChI=1S/C19H19F3N2O5S/c1-12(18(25)23-14-6-7-16-17(11-14)29-9-8-28-16)24(30(2,26)27)15-5-3-4-13(10-15)19(20,21)22/h3-7,10-12H,8-9H2,1-2H3,(H,23,25)/t12-/m0/s1. The average Bonchev–Trinajstić information content (AvgIpc) is 2.66. The van der Waals surface area contributed by atoms with Crippen molar-refractivity contribution in [1.29, 1.82) is 0 Å². The van der Waals surface area contributed by atoms with Crippen LogP contribution in [0.1, 0.15) is 12.5 Å². The molecule has 30 heavy (non-hydrogen) atoms. The summed E-state index contributed by atoms with van der Waals surface area (Å²) in [6.45, 7) is 2.03. The number of rotatable bonds is 5. The molecule has 0 fully saturated rings. The molecule has 1 heterocycles. The Kier molecular flexibility index (Phi) is 5.84. The van der Waals surface area contributed by atoms with Crippen molar-refractivity contribution in [2.75, 3.05) is 29.1 Å². The third-order valence-corrected chi connectivity index (χ3v) is 5.57. The summed E-state index contributed by atoms with van der Waals surface area (Å²) in [5.74, 6) is 0.202. The molecule has 0 spiro atoms.